The van der Waals surface area contributed by atoms with Crippen molar-refractivity contribution in [3.8, 4) is 6.01 Å². The van der Waals surface area contributed by atoms with Gasteiger partial charge in [0.25, 0.3) is 11.8 Å². The van der Waals surface area contributed by atoms with Gasteiger partial charge in [0.1, 0.15) is 11.4 Å². The van der Waals surface area contributed by atoms with Crippen molar-refractivity contribution < 1.29 is 49.5 Å². The molecule has 1 aromatic heterocycles. The van der Waals surface area contributed by atoms with Gasteiger partial charge in [0.2, 0.25) is 21.9 Å². The highest BCUT2D eigenvalue weighted by atomic mass is 35.5. The van der Waals surface area contributed by atoms with Crippen molar-refractivity contribution in [3.05, 3.63) is 76.1 Å². The first kappa shape index (κ1) is 42.2. The van der Waals surface area contributed by atoms with Gasteiger partial charge in [-0.15, -0.1) is 0 Å². The number of unbranched alkanes of at least 4 members (excludes halogenated alkanes) is 1. The van der Waals surface area contributed by atoms with E-state index >= 15 is 0 Å². The average molecular weight is 841 g/mol. The van der Waals surface area contributed by atoms with Gasteiger partial charge in [0.05, 0.1) is 10.3 Å². The van der Waals surface area contributed by atoms with E-state index in [1.807, 2.05) is 16.9 Å². The second kappa shape index (κ2) is 15.4. The number of anilines is 1. The number of nitrogens with one attached hydrogen (secondary N) is 3. The van der Waals surface area contributed by atoms with Crippen molar-refractivity contribution in [2.45, 2.75) is 106 Å². The van der Waals surface area contributed by atoms with Crippen molar-refractivity contribution in [1.82, 2.24) is 25.0 Å². The van der Waals surface area contributed by atoms with E-state index in [4.69, 9.17) is 16.3 Å². The Labute approximate surface area is 331 Å². The minimum atomic E-state index is -4.62. The lowest BCUT2D eigenvalue weighted by molar-refractivity contribution is -0.154. The minimum Gasteiger partial charge on any atom is -0.454 e. The van der Waals surface area contributed by atoms with Crippen LogP contribution in [0.4, 0.5) is 27.9 Å². The van der Waals surface area contributed by atoms with E-state index in [2.05, 4.69) is 25.6 Å². The fourth-order valence-corrected chi connectivity index (χ4v) is 7.49. The van der Waals surface area contributed by atoms with Gasteiger partial charge >= 0.3 is 12.2 Å². The Kier molecular flexibility index (Phi) is 11.4. The van der Waals surface area contributed by atoms with Gasteiger partial charge in [-0.3, -0.25) is 19.1 Å². The smallest absolute Gasteiger partial charge is 0.422 e. The standard InChI is InChI=1S/C38H42ClF5N6O6S/c1-34(2,3)57(54,55)50-31(53)36(19-26(36)27-20-37(27,40)41)48-30(52)7-5-4-6-28(51)23-10-8-22(9-11-23)18-29-45-32(47-33(46-29)56-21-38(42,43)44)49-35(16-17-35)24-12-14-25(39)15-13-24/h8-15,26-27H,4-7,16-21H2,1-3H3,(H,48,52)(H,50,53)(H,45,46,47,49)/t26-,27?,36+/m0/s1. The van der Waals surface area contributed by atoms with Crippen molar-refractivity contribution in [1.29, 1.82) is 0 Å². The molecule has 57 heavy (non-hydrogen) atoms. The number of rotatable bonds is 17. The number of halogens is 6. The second-order valence-corrected chi connectivity index (χ2v) is 18.8. The number of benzene rings is 2. The van der Waals surface area contributed by atoms with Crippen LogP contribution >= 0.6 is 11.6 Å². The van der Waals surface area contributed by atoms with Gasteiger partial charge in [-0.2, -0.15) is 28.1 Å². The van der Waals surface area contributed by atoms with Crippen molar-refractivity contribution in [3.63, 3.8) is 0 Å². The summed E-state index contributed by atoms with van der Waals surface area (Å²) in [6.45, 7) is 2.53. The Bertz CT molecular complexity index is 2130. The third kappa shape index (κ3) is 10.2. The molecule has 1 unspecified atom stereocenters. The molecule has 3 aromatic rings. The summed E-state index contributed by atoms with van der Waals surface area (Å²) in [6.07, 6.45) is -3.17. The number of nitrogens with zero attached hydrogens (tertiary/aromatic N) is 3. The second-order valence-electron chi connectivity index (χ2n) is 15.9. The number of hydrogen-bond donors (Lipinski definition) is 3. The van der Waals surface area contributed by atoms with Crippen molar-refractivity contribution >= 4 is 45.2 Å². The molecule has 2 amide bonds. The third-order valence-electron chi connectivity index (χ3n) is 10.4. The third-order valence-corrected chi connectivity index (χ3v) is 12.7. The molecule has 3 N–H and O–H groups in total. The predicted molar refractivity (Wildman–Crippen MR) is 198 cm³/mol. The molecule has 3 saturated carbocycles. The first-order chi connectivity index (χ1) is 26.5. The van der Waals surface area contributed by atoms with Crippen molar-refractivity contribution in [2.24, 2.45) is 11.8 Å². The number of ketones is 1. The number of ether oxygens (including phenoxy) is 1. The summed E-state index contributed by atoms with van der Waals surface area (Å²) in [5.41, 5.74) is -0.351. The highest BCUT2D eigenvalue weighted by molar-refractivity contribution is 7.91. The molecule has 3 aliphatic carbocycles. The molecule has 0 aliphatic heterocycles. The van der Waals surface area contributed by atoms with E-state index in [9.17, 15) is 44.8 Å². The van der Waals surface area contributed by atoms with Crippen LogP contribution in [0.15, 0.2) is 48.5 Å². The van der Waals surface area contributed by atoms with Crippen LogP contribution < -0.4 is 20.1 Å². The maximum atomic E-state index is 13.9. The van der Waals surface area contributed by atoms with Crippen LogP contribution in [0, 0.1) is 11.8 Å². The molecule has 0 saturated heterocycles. The maximum absolute atomic E-state index is 13.9. The fourth-order valence-electron chi connectivity index (χ4n) is 6.63. The van der Waals surface area contributed by atoms with E-state index in [0.717, 1.165) is 18.4 Å². The molecule has 19 heteroatoms. The molecule has 3 fully saturated rings. The van der Waals surface area contributed by atoms with E-state index in [-0.39, 0.29) is 56.1 Å². The molecule has 308 valence electrons. The Hall–Kier alpha value is -4.45. The van der Waals surface area contributed by atoms with Crippen LogP contribution in [0.1, 0.15) is 99.4 Å². The van der Waals surface area contributed by atoms with Gasteiger partial charge < -0.3 is 15.4 Å². The SMILES string of the molecule is CC(C)(C)S(=O)(=O)NC(=O)[C@@]1(NC(=O)CCCCC(=O)c2ccc(Cc3nc(NC4(c5ccc(Cl)cc5)CC4)nc(OCC(F)(F)F)n3)cc2)C[C@H]1C1CC1(F)F. The summed E-state index contributed by atoms with van der Waals surface area (Å²) in [7, 11) is -4.16. The molecule has 0 spiro atoms. The lowest BCUT2D eigenvalue weighted by Gasteiger charge is -2.24. The highest BCUT2D eigenvalue weighted by Crippen LogP contribution is 2.64. The average Bonchev–Trinajstić information content (AvgIpc) is 4.06. The monoisotopic (exact) mass is 840 g/mol. The Morgan fingerprint density at radius 1 is 0.895 bits per heavy atom. The highest BCUT2D eigenvalue weighted by Gasteiger charge is 2.75. The number of carbonyl (C=O) groups is 3. The van der Waals surface area contributed by atoms with Crippen LogP contribution in [0.25, 0.3) is 0 Å². The molecule has 3 aliphatic rings. The minimum absolute atomic E-state index is 0.0402. The summed E-state index contributed by atoms with van der Waals surface area (Å²) in [6, 6.07) is 13.2. The Morgan fingerprint density at radius 3 is 2.11 bits per heavy atom. The molecule has 0 bridgehead atoms. The predicted octanol–water partition coefficient (Wildman–Crippen LogP) is 6.68. The molecular weight excluding hydrogens is 799 g/mol. The van der Waals surface area contributed by atoms with Crippen LogP contribution in [-0.4, -0.2) is 70.0 Å². The summed E-state index contributed by atoms with van der Waals surface area (Å²) in [4.78, 5) is 51.6. The number of sulfonamides is 1. The van der Waals surface area contributed by atoms with Gasteiger partial charge in [-0.25, -0.2) is 17.2 Å². The zero-order valence-corrected chi connectivity index (χ0v) is 32.9. The van der Waals surface area contributed by atoms with E-state index in [0.29, 0.717) is 16.1 Å². The zero-order chi connectivity index (χ0) is 41.6. The van der Waals surface area contributed by atoms with Gasteiger partial charge in [-0.1, -0.05) is 48.0 Å². The number of amides is 2. The first-order valence-corrected chi connectivity index (χ1v) is 20.2. The number of alkyl halides is 5. The first-order valence-electron chi connectivity index (χ1n) is 18.4. The van der Waals surface area contributed by atoms with Gasteiger partial charge in [0, 0.05) is 48.1 Å². The van der Waals surface area contributed by atoms with E-state index < -0.39 is 80.6 Å². The Morgan fingerprint density at radius 2 is 1.53 bits per heavy atom. The van der Waals surface area contributed by atoms with Crippen molar-refractivity contribution in [2.75, 3.05) is 11.9 Å². The molecular formula is C38H42ClF5N6O6S. The normalized spacial score (nSPS) is 21.9. The largest absolute Gasteiger partial charge is 0.454 e. The fraction of sp³-hybridized carbons (Fsp3) is 0.526. The van der Waals surface area contributed by atoms with Crippen LogP contribution in [0.2, 0.25) is 5.02 Å². The van der Waals surface area contributed by atoms with E-state index in [1.165, 1.54) is 20.8 Å². The molecule has 0 radical (unpaired) electrons. The van der Waals surface area contributed by atoms with Crippen LogP contribution in [0.3, 0.4) is 0 Å². The lowest BCUT2D eigenvalue weighted by atomic mass is 10.0. The molecule has 3 atom stereocenters. The molecule has 6 rings (SSSR count). The number of hydrogen-bond acceptors (Lipinski definition) is 10. The number of carbonyl (C=O) groups excluding carboxylic acids is 3. The van der Waals surface area contributed by atoms with Gasteiger partial charge in [0.15, 0.2) is 12.4 Å². The summed E-state index contributed by atoms with van der Waals surface area (Å²) in [5.74, 6) is -6.74. The number of aromatic nitrogens is 3. The summed E-state index contributed by atoms with van der Waals surface area (Å²) < 4.78 is 97.4. The lowest BCUT2D eigenvalue weighted by Crippen LogP contribution is -2.54. The number of Topliss-reactive ketones (excluding diaryl/α,β-unsaturated/α-hetero) is 1. The topological polar surface area (TPSA) is 169 Å². The van der Waals surface area contributed by atoms with Gasteiger partial charge in [-0.05, 0) is 76.1 Å². The molecule has 12 nitrogen and oxygen atoms in total. The maximum Gasteiger partial charge on any atom is 0.422 e. The Balaban J connectivity index is 1.03. The quantitative estimate of drug-likeness (QED) is 0.0758. The van der Waals surface area contributed by atoms with Crippen LogP contribution in [-0.2, 0) is 31.6 Å². The molecule has 2 aromatic carbocycles. The van der Waals surface area contributed by atoms with E-state index in [1.54, 1.807) is 36.4 Å². The summed E-state index contributed by atoms with van der Waals surface area (Å²) >= 11 is 6.03. The zero-order valence-electron chi connectivity index (χ0n) is 31.3. The van der Waals surface area contributed by atoms with Crippen LogP contribution in [0.5, 0.6) is 6.01 Å². The summed E-state index contributed by atoms with van der Waals surface area (Å²) in [5, 5.41) is 6.31. The molecule has 1 heterocycles.